The number of imide groups is 1. The van der Waals surface area contributed by atoms with Crippen molar-refractivity contribution in [3.8, 4) is 5.75 Å². The van der Waals surface area contributed by atoms with Crippen molar-refractivity contribution in [1.29, 1.82) is 0 Å². The van der Waals surface area contributed by atoms with E-state index in [9.17, 15) is 32.3 Å². The molecule has 14 heteroatoms. The number of aryl methyl sites for hydroxylation is 2. The number of ketones is 1. The number of ether oxygens (including phenoxy) is 2. The van der Waals surface area contributed by atoms with Crippen molar-refractivity contribution >= 4 is 46.6 Å². The predicted octanol–water partition coefficient (Wildman–Crippen LogP) is 5.94. The summed E-state index contributed by atoms with van der Waals surface area (Å²) in [5.41, 5.74) is 1.83. The van der Waals surface area contributed by atoms with E-state index in [1.54, 1.807) is 4.90 Å². The highest BCUT2D eigenvalue weighted by Crippen LogP contribution is 2.38. The van der Waals surface area contributed by atoms with Crippen molar-refractivity contribution in [3.63, 3.8) is 0 Å². The summed E-state index contributed by atoms with van der Waals surface area (Å²) in [5.74, 6) is 0.629. The van der Waals surface area contributed by atoms with Gasteiger partial charge in [0.15, 0.2) is 5.78 Å². The monoisotopic (exact) mass is 754 g/mol. The Morgan fingerprint density at radius 3 is 2.33 bits per heavy atom. The molecule has 270 valence electrons. The second-order valence-corrected chi connectivity index (χ2v) is 13.3. The number of unbranched alkanes of at least 4 members (excludes halogenated alkanes) is 2. The number of likely N-dealkylation sites (tertiary alicyclic amines) is 1. The Labute approximate surface area is 294 Å². The van der Waals surface area contributed by atoms with E-state index in [1.807, 2.05) is 6.07 Å². The fourth-order valence-electron chi connectivity index (χ4n) is 5.70. The molecule has 2 aliphatic rings. The van der Waals surface area contributed by atoms with Gasteiger partial charge in [0.1, 0.15) is 17.9 Å². The Morgan fingerprint density at radius 1 is 1.04 bits per heavy atom. The lowest BCUT2D eigenvalue weighted by Gasteiger charge is -2.43. The molecule has 2 amide bonds. The standard InChI is InChI=1S/C27H35BrF3N3O2.C8H11NO4/c1-19-6-7-23(14-20(19)2)35-13-5-3-4-10-33-11-8-22(9-12-33)36-24-17-34(18-24)26-25(27(29,30)31)15-21(28)16-32-26;1-7(13)8(3-2-4-10)9(5-11)6-12/h6-7,14-16,22,24H,3-5,8-13,17-18H2,1-2H3;4-6,8H,2-3H2,1H3. The van der Waals surface area contributed by atoms with Gasteiger partial charge in [-0.1, -0.05) is 6.07 Å². The van der Waals surface area contributed by atoms with Gasteiger partial charge >= 0.3 is 6.18 Å². The van der Waals surface area contributed by atoms with E-state index in [0.29, 0.717) is 23.8 Å². The number of aromatic nitrogens is 1. The van der Waals surface area contributed by atoms with E-state index in [0.717, 1.165) is 75.1 Å². The number of carbonyl (C=O) groups excluding carboxylic acids is 4. The van der Waals surface area contributed by atoms with Crippen LogP contribution in [-0.4, -0.2) is 97.3 Å². The van der Waals surface area contributed by atoms with Crippen molar-refractivity contribution in [1.82, 2.24) is 14.8 Å². The summed E-state index contributed by atoms with van der Waals surface area (Å²) in [5, 5.41) is 0. The number of anilines is 1. The number of amides is 2. The molecule has 2 saturated heterocycles. The molecule has 0 aliphatic carbocycles. The molecule has 1 aromatic heterocycles. The summed E-state index contributed by atoms with van der Waals surface area (Å²) in [6.45, 7) is 10.2. The molecule has 1 unspecified atom stereocenters. The van der Waals surface area contributed by atoms with Gasteiger partial charge in [0.25, 0.3) is 0 Å². The zero-order valence-corrected chi connectivity index (χ0v) is 29.9. The summed E-state index contributed by atoms with van der Waals surface area (Å²) in [6, 6.07) is 6.51. The van der Waals surface area contributed by atoms with Crippen LogP contribution >= 0.6 is 15.9 Å². The summed E-state index contributed by atoms with van der Waals surface area (Å²) >= 11 is 3.08. The van der Waals surface area contributed by atoms with Crippen molar-refractivity contribution in [2.75, 3.05) is 44.2 Å². The quantitative estimate of drug-likeness (QED) is 0.143. The normalized spacial score (nSPS) is 16.2. The zero-order chi connectivity index (χ0) is 36.0. The summed E-state index contributed by atoms with van der Waals surface area (Å²) in [7, 11) is 0. The van der Waals surface area contributed by atoms with Crippen LogP contribution in [0.1, 0.15) is 68.6 Å². The van der Waals surface area contributed by atoms with Crippen LogP contribution in [0.15, 0.2) is 34.9 Å². The Bertz CT molecular complexity index is 1380. The molecule has 2 aromatic rings. The number of Topliss-reactive ketones (excluding diaryl/α,β-unsaturated/α-hetero) is 1. The molecule has 4 rings (SSSR count). The molecule has 0 radical (unpaired) electrons. The molecule has 0 saturated carbocycles. The maximum Gasteiger partial charge on any atom is 0.419 e. The SMILES string of the molecule is CC(=O)C(CCC=O)N(C=O)C=O.Cc1ccc(OCCCCCN2CCC(OC3CN(c4ncc(Br)cc4C(F)(F)F)C3)CC2)cc1C. The number of hydrogen-bond acceptors (Lipinski definition) is 9. The lowest BCUT2D eigenvalue weighted by atomic mass is 10.1. The predicted molar refractivity (Wildman–Crippen MR) is 182 cm³/mol. The van der Waals surface area contributed by atoms with E-state index < -0.39 is 17.8 Å². The largest absolute Gasteiger partial charge is 0.494 e. The van der Waals surface area contributed by atoms with E-state index >= 15 is 0 Å². The van der Waals surface area contributed by atoms with E-state index in [4.69, 9.17) is 9.47 Å². The Morgan fingerprint density at radius 2 is 1.73 bits per heavy atom. The average molecular weight is 756 g/mol. The number of carbonyl (C=O) groups is 4. The van der Waals surface area contributed by atoms with Crippen molar-refractivity contribution in [3.05, 3.63) is 51.6 Å². The molecule has 0 bridgehead atoms. The molecule has 49 heavy (non-hydrogen) atoms. The van der Waals surface area contributed by atoms with Crippen LogP contribution in [-0.2, 0) is 30.1 Å². The second kappa shape index (κ2) is 19.7. The fraction of sp³-hybridized carbons (Fsp3) is 0.571. The lowest BCUT2D eigenvalue weighted by Crippen LogP contribution is -2.55. The second-order valence-electron chi connectivity index (χ2n) is 12.4. The molecule has 10 nitrogen and oxygen atoms in total. The van der Waals surface area contributed by atoms with Gasteiger partial charge in [-0.25, -0.2) is 4.98 Å². The van der Waals surface area contributed by atoms with Crippen molar-refractivity contribution in [2.45, 2.75) is 90.1 Å². The average Bonchev–Trinajstić information content (AvgIpc) is 3.04. The zero-order valence-electron chi connectivity index (χ0n) is 28.3. The molecule has 1 atom stereocenters. The van der Waals surface area contributed by atoms with Crippen LogP contribution in [0.3, 0.4) is 0 Å². The van der Waals surface area contributed by atoms with Gasteiger partial charge < -0.3 is 24.1 Å². The first-order valence-corrected chi connectivity index (χ1v) is 17.3. The van der Waals surface area contributed by atoms with Gasteiger partial charge in [-0.3, -0.25) is 19.3 Å². The first-order chi connectivity index (χ1) is 23.4. The number of rotatable bonds is 17. The van der Waals surface area contributed by atoms with Crippen LogP contribution < -0.4 is 9.64 Å². The minimum absolute atomic E-state index is 0.0141. The topological polar surface area (TPSA) is 109 Å². The lowest BCUT2D eigenvalue weighted by molar-refractivity contribution is -0.138. The number of pyridine rings is 1. The number of benzene rings is 1. The van der Waals surface area contributed by atoms with Gasteiger partial charge in [0.2, 0.25) is 12.8 Å². The number of hydrogen-bond donors (Lipinski definition) is 0. The first kappa shape index (κ1) is 40.1. The van der Waals surface area contributed by atoms with Gasteiger partial charge in [0, 0.05) is 43.3 Å². The van der Waals surface area contributed by atoms with E-state index in [2.05, 4.69) is 51.8 Å². The van der Waals surface area contributed by atoms with Crippen molar-refractivity contribution < 1.29 is 41.8 Å². The van der Waals surface area contributed by atoms with Crippen LogP contribution in [0.25, 0.3) is 0 Å². The van der Waals surface area contributed by atoms with E-state index in [-0.39, 0.29) is 49.5 Å². The highest BCUT2D eigenvalue weighted by Gasteiger charge is 2.40. The molecular formula is C35H46BrF3N4O6. The van der Waals surface area contributed by atoms with E-state index in [1.165, 1.54) is 24.2 Å². The number of piperidine rings is 1. The maximum atomic E-state index is 13.4. The number of halogens is 4. The fourth-order valence-corrected chi connectivity index (χ4v) is 6.03. The highest BCUT2D eigenvalue weighted by molar-refractivity contribution is 9.10. The number of nitrogens with zero attached hydrogens (tertiary/aromatic N) is 4. The third kappa shape index (κ3) is 12.8. The molecule has 3 heterocycles. The van der Waals surface area contributed by atoms with Gasteiger partial charge in [-0.2, -0.15) is 13.2 Å². The molecule has 1 aromatic carbocycles. The Balaban J connectivity index is 0.000000425. The van der Waals surface area contributed by atoms with Gasteiger partial charge in [-0.15, -0.1) is 0 Å². The van der Waals surface area contributed by atoms with Crippen LogP contribution in [0, 0.1) is 13.8 Å². The van der Waals surface area contributed by atoms with Gasteiger partial charge in [-0.05, 0) is 111 Å². The minimum Gasteiger partial charge on any atom is -0.494 e. The third-order valence-electron chi connectivity index (χ3n) is 8.70. The number of alkyl halides is 3. The van der Waals surface area contributed by atoms with Crippen LogP contribution in [0.4, 0.5) is 19.0 Å². The molecular weight excluding hydrogens is 709 g/mol. The summed E-state index contributed by atoms with van der Waals surface area (Å²) in [4.78, 5) is 50.4. The smallest absolute Gasteiger partial charge is 0.419 e. The molecule has 0 N–H and O–H groups in total. The van der Waals surface area contributed by atoms with Gasteiger partial charge in [0.05, 0.1) is 30.4 Å². The first-order valence-electron chi connectivity index (χ1n) is 16.5. The van der Waals surface area contributed by atoms with Crippen LogP contribution in [0.2, 0.25) is 0 Å². The molecule has 2 fully saturated rings. The third-order valence-corrected chi connectivity index (χ3v) is 9.14. The maximum absolute atomic E-state index is 13.4. The minimum atomic E-state index is -4.43. The highest BCUT2D eigenvalue weighted by atomic mass is 79.9. The summed E-state index contributed by atoms with van der Waals surface area (Å²) in [6.07, 6.45) is 3.96. The van der Waals surface area contributed by atoms with Crippen molar-refractivity contribution in [2.24, 2.45) is 0 Å². The molecule has 2 aliphatic heterocycles. The molecule has 0 spiro atoms. The summed E-state index contributed by atoms with van der Waals surface area (Å²) < 4.78 is 52.5. The Hall–Kier alpha value is -3.36. The van der Waals surface area contributed by atoms with Crippen LogP contribution in [0.5, 0.6) is 5.75 Å². The number of aldehydes is 1. The Kier molecular flexibility index (Phi) is 16.1.